The third-order valence-corrected chi connectivity index (χ3v) is 11.5. The normalized spacial score (nSPS) is 12.0. The number of nitrogens with zero attached hydrogens (tertiary/aromatic N) is 2. The van der Waals surface area contributed by atoms with Gasteiger partial charge in [-0.3, -0.25) is 0 Å². The van der Waals surface area contributed by atoms with E-state index in [-0.39, 0.29) is 0 Å². The van der Waals surface area contributed by atoms with Crippen LogP contribution in [0.1, 0.15) is 0 Å². The van der Waals surface area contributed by atoms with E-state index in [4.69, 9.17) is 4.42 Å². The van der Waals surface area contributed by atoms with Gasteiger partial charge in [0.1, 0.15) is 11.2 Å². The SMILES string of the molecule is c1ccc(-n2c3ccccc3c3cc(-c4ccc5c(c4)c4ccccc4n5-c4ccc(-c5cccc6ccccc56)c5oc6ccccc6c45)ccc32)cc1. The van der Waals surface area contributed by atoms with Gasteiger partial charge in [-0.25, -0.2) is 0 Å². The highest BCUT2D eigenvalue weighted by Gasteiger charge is 2.22. The molecular weight excluding hydrogens is 669 g/mol. The number of fused-ring (bicyclic) bond motifs is 10. The van der Waals surface area contributed by atoms with Crippen LogP contribution in [0.2, 0.25) is 0 Å². The summed E-state index contributed by atoms with van der Waals surface area (Å²) in [4.78, 5) is 0. The van der Waals surface area contributed by atoms with E-state index in [2.05, 4.69) is 203 Å². The van der Waals surface area contributed by atoms with Gasteiger partial charge in [0.25, 0.3) is 0 Å². The van der Waals surface area contributed by atoms with Gasteiger partial charge in [-0.1, -0.05) is 127 Å². The summed E-state index contributed by atoms with van der Waals surface area (Å²) in [5.74, 6) is 0. The van der Waals surface area contributed by atoms with Crippen LogP contribution >= 0.6 is 0 Å². The molecule has 0 radical (unpaired) electrons. The average Bonchev–Trinajstić information content (AvgIpc) is 3.91. The zero-order valence-electron chi connectivity index (χ0n) is 29.8. The summed E-state index contributed by atoms with van der Waals surface area (Å²) in [5, 5.41) is 9.61. The van der Waals surface area contributed by atoms with Gasteiger partial charge in [-0.15, -0.1) is 0 Å². The number of furan rings is 1. The summed E-state index contributed by atoms with van der Waals surface area (Å²) in [7, 11) is 0. The van der Waals surface area contributed by atoms with Gasteiger partial charge in [0.15, 0.2) is 0 Å². The van der Waals surface area contributed by atoms with Crippen LogP contribution in [0.15, 0.2) is 199 Å². The minimum absolute atomic E-state index is 0.888. The highest BCUT2D eigenvalue weighted by molar-refractivity contribution is 6.18. The van der Waals surface area contributed by atoms with Crippen molar-refractivity contribution in [2.45, 2.75) is 0 Å². The lowest BCUT2D eigenvalue weighted by molar-refractivity contribution is 0.670. The van der Waals surface area contributed by atoms with E-state index in [0.717, 1.165) is 38.7 Å². The van der Waals surface area contributed by atoms with Crippen molar-refractivity contribution in [1.82, 2.24) is 9.13 Å². The Kier molecular flexibility index (Phi) is 6.34. The predicted octanol–water partition coefficient (Wildman–Crippen LogP) is 14.3. The lowest BCUT2D eigenvalue weighted by Gasteiger charge is -2.13. The van der Waals surface area contributed by atoms with Crippen LogP contribution < -0.4 is 0 Å². The van der Waals surface area contributed by atoms with Crippen molar-refractivity contribution in [2.24, 2.45) is 0 Å². The minimum atomic E-state index is 0.888. The molecule has 9 aromatic carbocycles. The number of rotatable bonds is 4. The molecule has 0 spiro atoms. The van der Waals surface area contributed by atoms with Gasteiger partial charge in [0.05, 0.1) is 33.1 Å². The van der Waals surface area contributed by atoms with Crippen LogP contribution in [-0.4, -0.2) is 9.13 Å². The van der Waals surface area contributed by atoms with Crippen molar-refractivity contribution < 1.29 is 4.42 Å². The molecule has 3 heterocycles. The Morgan fingerprint density at radius 1 is 0.345 bits per heavy atom. The maximum atomic E-state index is 6.81. The Balaban J connectivity index is 1.09. The van der Waals surface area contributed by atoms with Crippen molar-refractivity contribution in [3.8, 4) is 33.6 Å². The number of para-hydroxylation sites is 4. The van der Waals surface area contributed by atoms with Gasteiger partial charge < -0.3 is 13.6 Å². The summed E-state index contributed by atoms with van der Waals surface area (Å²) in [5.41, 5.74) is 13.5. The van der Waals surface area contributed by atoms with Gasteiger partial charge in [-0.2, -0.15) is 0 Å². The molecule has 0 atom stereocenters. The molecule has 0 amide bonds. The summed E-state index contributed by atoms with van der Waals surface area (Å²) >= 11 is 0. The van der Waals surface area contributed by atoms with Crippen molar-refractivity contribution >= 4 is 76.3 Å². The average molecular weight is 701 g/mol. The van der Waals surface area contributed by atoms with E-state index in [1.54, 1.807) is 0 Å². The predicted molar refractivity (Wildman–Crippen MR) is 231 cm³/mol. The van der Waals surface area contributed by atoms with Crippen molar-refractivity contribution in [2.75, 3.05) is 0 Å². The quantitative estimate of drug-likeness (QED) is 0.179. The second-order valence-corrected chi connectivity index (χ2v) is 14.5. The summed E-state index contributed by atoms with van der Waals surface area (Å²) in [6.45, 7) is 0. The first-order valence-electron chi connectivity index (χ1n) is 18.9. The molecule has 0 aliphatic rings. The summed E-state index contributed by atoms with van der Waals surface area (Å²) < 4.78 is 11.6. The number of hydrogen-bond acceptors (Lipinski definition) is 1. The van der Waals surface area contributed by atoms with Gasteiger partial charge in [0, 0.05) is 38.2 Å². The Morgan fingerprint density at radius 3 is 1.65 bits per heavy atom. The third-order valence-electron chi connectivity index (χ3n) is 11.5. The molecule has 12 aromatic rings. The molecule has 0 bridgehead atoms. The Bertz CT molecular complexity index is 3480. The summed E-state index contributed by atoms with van der Waals surface area (Å²) in [6, 6.07) is 70.1. The van der Waals surface area contributed by atoms with E-state index < -0.39 is 0 Å². The molecule has 0 N–H and O–H groups in total. The zero-order valence-corrected chi connectivity index (χ0v) is 29.8. The Hall–Kier alpha value is -7.36. The standard InChI is InChI=1S/C52H32N2O/c1-2-15-36(16-3-1)53-45-22-9-6-18-39(45)43-31-34(25-28-47(43)53)35-26-29-48-44(32-35)40-19-7-10-23-46(40)54(48)49-30-27-41(38-21-12-14-33-13-4-5-17-37(33)38)52-51(49)42-20-8-11-24-50(42)55-52/h1-32H. The smallest absolute Gasteiger partial charge is 0.145 e. The second-order valence-electron chi connectivity index (χ2n) is 14.5. The fraction of sp³-hybridized carbons (Fsp3) is 0. The van der Waals surface area contributed by atoms with Crippen molar-refractivity contribution in [3.05, 3.63) is 194 Å². The molecular formula is C52H32N2O. The summed E-state index contributed by atoms with van der Waals surface area (Å²) in [6.07, 6.45) is 0. The topological polar surface area (TPSA) is 23.0 Å². The molecule has 12 rings (SSSR count). The van der Waals surface area contributed by atoms with Crippen LogP contribution in [0.4, 0.5) is 0 Å². The zero-order chi connectivity index (χ0) is 36.0. The maximum absolute atomic E-state index is 6.81. The molecule has 0 unspecified atom stereocenters. The molecule has 0 saturated heterocycles. The van der Waals surface area contributed by atoms with Gasteiger partial charge >= 0.3 is 0 Å². The molecule has 0 aliphatic carbocycles. The van der Waals surface area contributed by atoms with Crippen LogP contribution in [-0.2, 0) is 0 Å². The molecule has 0 fully saturated rings. The molecule has 3 heteroatoms. The van der Waals surface area contributed by atoms with E-state index in [1.807, 2.05) is 0 Å². The fourth-order valence-electron chi connectivity index (χ4n) is 9.09. The van der Waals surface area contributed by atoms with Crippen LogP contribution in [0.25, 0.3) is 110 Å². The first-order chi connectivity index (χ1) is 27.3. The Morgan fingerprint density at radius 2 is 0.909 bits per heavy atom. The third kappa shape index (κ3) is 4.38. The molecule has 3 aromatic heterocycles. The van der Waals surface area contributed by atoms with Gasteiger partial charge in [0.2, 0.25) is 0 Å². The molecule has 256 valence electrons. The van der Waals surface area contributed by atoms with Crippen LogP contribution in [0.5, 0.6) is 0 Å². The van der Waals surface area contributed by atoms with Crippen molar-refractivity contribution in [1.29, 1.82) is 0 Å². The highest BCUT2D eigenvalue weighted by Crippen LogP contribution is 2.44. The Labute approximate surface area is 316 Å². The fourth-order valence-corrected chi connectivity index (χ4v) is 9.09. The lowest BCUT2D eigenvalue weighted by Crippen LogP contribution is -1.96. The molecule has 0 saturated carbocycles. The van der Waals surface area contributed by atoms with E-state index in [1.165, 1.54) is 71.2 Å². The first-order valence-corrected chi connectivity index (χ1v) is 18.9. The van der Waals surface area contributed by atoms with E-state index in [0.29, 0.717) is 0 Å². The van der Waals surface area contributed by atoms with Crippen LogP contribution in [0.3, 0.4) is 0 Å². The molecule has 0 aliphatic heterocycles. The van der Waals surface area contributed by atoms with Crippen molar-refractivity contribution in [3.63, 3.8) is 0 Å². The highest BCUT2D eigenvalue weighted by atomic mass is 16.3. The molecule has 55 heavy (non-hydrogen) atoms. The largest absolute Gasteiger partial charge is 0.455 e. The second kappa shape index (κ2) is 11.6. The maximum Gasteiger partial charge on any atom is 0.145 e. The number of hydrogen-bond donors (Lipinski definition) is 0. The number of benzene rings is 9. The van der Waals surface area contributed by atoms with E-state index in [9.17, 15) is 0 Å². The van der Waals surface area contributed by atoms with Crippen LogP contribution in [0, 0.1) is 0 Å². The monoisotopic (exact) mass is 700 g/mol. The minimum Gasteiger partial charge on any atom is -0.455 e. The first kappa shape index (κ1) is 30.1. The lowest BCUT2D eigenvalue weighted by atomic mass is 9.96. The molecule has 3 nitrogen and oxygen atoms in total. The van der Waals surface area contributed by atoms with Gasteiger partial charge in [-0.05, 0) is 94.2 Å². The van der Waals surface area contributed by atoms with E-state index >= 15 is 0 Å². The number of aromatic nitrogens is 2.